The number of sulfonamides is 1. The molecule has 0 aliphatic rings. The summed E-state index contributed by atoms with van der Waals surface area (Å²) in [5.41, 5.74) is 0.606. The van der Waals surface area contributed by atoms with Gasteiger partial charge in [0.05, 0.1) is 5.56 Å². The van der Waals surface area contributed by atoms with Gasteiger partial charge in [-0.05, 0) is 31.0 Å². The van der Waals surface area contributed by atoms with Crippen molar-refractivity contribution in [2.24, 2.45) is 5.14 Å². The third-order valence-electron chi connectivity index (χ3n) is 4.54. The van der Waals surface area contributed by atoms with Crippen molar-refractivity contribution in [1.29, 1.82) is 0 Å². The van der Waals surface area contributed by atoms with Crippen LogP contribution >= 0.6 is 0 Å². The number of halogens is 2. The van der Waals surface area contributed by atoms with Crippen molar-refractivity contribution in [1.82, 2.24) is 9.97 Å². The Bertz CT molecular complexity index is 1110. The van der Waals surface area contributed by atoms with Crippen LogP contribution in [0.15, 0.2) is 30.6 Å². The number of nitrogens with one attached hydrogen (secondary N) is 1. The largest absolute Gasteiger partial charge is 0.383 e. The van der Waals surface area contributed by atoms with E-state index in [-0.39, 0.29) is 17.5 Å². The Kier molecular flexibility index (Phi) is 5.02. The monoisotopic (exact) mass is 395 g/mol. The molecular formula is C18H19F2N3O3S. The highest BCUT2D eigenvalue weighted by atomic mass is 32.2. The van der Waals surface area contributed by atoms with E-state index in [1.807, 2.05) is 0 Å². The predicted molar refractivity (Wildman–Crippen MR) is 97.4 cm³/mol. The summed E-state index contributed by atoms with van der Waals surface area (Å²) in [4.78, 5) is 7.01. The molecule has 2 aromatic heterocycles. The van der Waals surface area contributed by atoms with Gasteiger partial charge in [-0.1, -0.05) is 13.0 Å². The van der Waals surface area contributed by atoms with Crippen molar-refractivity contribution >= 4 is 21.1 Å². The number of aliphatic hydroxyl groups excluding tert-OH is 1. The molecule has 6 nitrogen and oxygen atoms in total. The van der Waals surface area contributed by atoms with E-state index >= 15 is 4.39 Å². The lowest BCUT2D eigenvalue weighted by atomic mass is 9.96. The van der Waals surface area contributed by atoms with E-state index in [9.17, 15) is 17.9 Å². The molecule has 2 atom stereocenters. The summed E-state index contributed by atoms with van der Waals surface area (Å²) in [5.74, 6) is -2.11. The summed E-state index contributed by atoms with van der Waals surface area (Å²) in [6, 6.07) is 3.71. The van der Waals surface area contributed by atoms with Crippen LogP contribution in [0.1, 0.15) is 47.0 Å². The number of nitrogens with zero attached hydrogens (tertiary/aromatic N) is 1. The first kappa shape index (κ1) is 19.4. The van der Waals surface area contributed by atoms with Crippen molar-refractivity contribution in [2.75, 3.05) is 0 Å². The molecule has 2 unspecified atom stereocenters. The first-order valence-corrected chi connectivity index (χ1v) is 9.87. The van der Waals surface area contributed by atoms with E-state index in [1.54, 1.807) is 19.2 Å². The van der Waals surface area contributed by atoms with Crippen molar-refractivity contribution in [3.05, 3.63) is 64.5 Å². The maximum absolute atomic E-state index is 15.1. The number of nitrogens with two attached hydrogens (primary N) is 1. The van der Waals surface area contributed by atoms with Crippen molar-refractivity contribution in [2.45, 2.75) is 31.6 Å². The molecule has 0 amide bonds. The van der Waals surface area contributed by atoms with Gasteiger partial charge >= 0.3 is 0 Å². The zero-order valence-electron chi connectivity index (χ0n) is 14.7. The molecule has 0 fully saturated rings. The van der Waals surface area contributed by atoms with Gasteiger partial charge in [0.2, 0.25) is 10.0 Å². The lowest BCUT2D eigenvalue weighted by molar-refractivity contribution is 0.210. The Hall–Kier alpha value is -2.36. The Morgan fingerprint density at radius 3 is 2.63 bits per heavy atom. The number of benzene rings is 1. The van der Waals surface area contributed by atoms with Gasteiger partial charge in [0.15, 0.2) is 0 Å². The number of pyridine rings is 1. The number of aromatic amines is 1. The molecule has 144 valence electrons. The Morgan fingerprint density at radius 2 is 2.00 bits per heavy atom. The maximum Gasteiger partial charge on any atom is 0.216 e. The summed E-state index contributed by atoms with van der Waals surface area (Å²) < 4.78 is 53.0. The number of H-pyrrole nitrogens is 1. The summed E-state index contributed by atoms with van der Waals surface area (Å²) in [5, 5.41) is 15.1. The van der Waals surface area contributed by atoms with Crippen molar-refractivity contribution < 1.29 is 22.3 Å². The van der Waals surface area contributed by atoms with Crippen molar-refractivity contribution in [3.8, 4) is 0 Å². The summed E-state index contributed by atoms with van der Waals surface area (Å²) >= 11 is 0. The average Bonchev–Trinajstić information content (AvgIpc) is 2.99. The van der Waals surface area contributed by atoms with Gasteiger partial charge in [-0.2, -0.15) is 0 Å². The summed E-state index contributed by atoms with van der Waals surface area (Å²) in [7, 11) is -4.10. The molecule has 0 saturated carbocycles. The molecule has 9 heteroatoms. The third kappa shape index (κ3) is 3.45. The number of aromatic nitrogens is 2. The molecule has 0 spiro atoms. The second-order valence-corrected chi connectivity index (χ2v) is 8.15. The number of rotatable bonds is 5. The lowest BCUT2D eigenvalue weighted by Gasteiger charge is -2.19. The highest BCUT2D eigenvalue weighted by Crippen LogP contribution is 2.36. The Balaban J connectivity index is 2.18. The van der Waals surface area contributed by atoms with Crippen LogP contribution in [-0.4, -0.2) is 23.5 Å². The minimum atomic E-state index is -4.10. The highest BCUT2D eigenvalue weighted by molar-refractivity contribution is 7.89. The van der Waals surface area contributed by atoms with Gasteiger partial charge in [-0.15, -0.1) is 0 Å². The molecule has 4 N–H and O–H groups in total. The fourth-order valence-electron chi connectivity index (χ4n) is 3.22. The number of hydrogen-bond donors (Lipinski definition) is 3. The van der Waals surface area contributed by atoms with E-state index in [0.717, 1.165) is 17.7 Å². The van der Waals surface area contributed by atoms with Crippen LogP contribution in [0.5, 0.6) is 0 Å². The van der Waals surface area contributed by atoms with E-state index in [1.165, 1.54) is 13.1 Å². The normalized spacial score (nSPS) is 14.4. The number of fused-ring (bicyclic) bond motifs is 1. The van der Waals surface area contributed by atoms with E-state index in [2.05, 4.69) is 9.97 Å². The van der Waals surface area contributed by atoms with Crippen LogP contribution in [0.4, 0.5) is 8.78 Å². The molecule has 3 aromatic rings. The Labute approximate surface area is 155 Å². The zero-order valence-corrected chi connectivity index (χ0v) is 15.5. The van der Waals surface area contributed by atoms with Gasteiger partial charge in [0, 0.05) is 28.9 Å². The predicted octanol–water partition coefficient (Wildman–Crippen LogP) is 2.97. The second kappa shape index (κ2) is 6.99. The zero-order chi connectivity index (χ0) is 19.9. The number of aliphatic hydroxyl groups is 1. The molecule has 1 aromatic carbocycles. The first-order chi connectivity index (χ1) is 12.6. The van der Waals surface area contributed by atoms with Crippen LogP contribution in [-0.2, 0) is 10.0 Å². The summed E-state index contributed by atoms with van der Waals surface area (Å²) in [6.45, 7) is 3.33. The lowest BCUT2D eigenvalue weighted by Crippen LogP contribution is -2.23. The topological polar surface area (TPSA) is 109 Å². The third-order valence-corrected chi connectivity index (χ3v) is 5.92. The number of aryl methyl sites for hydroxylation is 1. The second-order valence-electron chi connectivity index (χ2n) is 6.41. The fraction of sp³-hybridized carbons (Fsp3) is 0.278. The molecule has 0 aliphatic carbocycles. The number of primary sulfonamides is 1. The van der Waals surface area contributed by atoms with Crippen LogP contribution in [0.3, 0.4) is 0 Å². The molecule has 0 saturated heterocycles. The van der Waals surface area contributed by atoms with E-state index in [4.69, 9.17) is 5.14 Å². The average molecular weight is 395 g/mol. The summed E-state index contributed by atoms with van der Waals surface area (Å²) in [6.07, 6.45) is 1.40. The van der Waals surface area contributed by atoms with Crippen LogP contribution in [0.25, 0.3) is 11.0 Å². The SMILES string of the molecule is CCC(c1ccc(F)c(C(O)c2c[nH]c3ncc(C)cc23)c1F)S(N)(=O)=O. The molecular weight excluding hydrogens is 376 g/mol. The smallest absolute Gasteiger partial charge is 0.216 e. The maximum atomic E-state index is 15.1. The molecule has 27 heavy (non-hydrogen) atoms. The molecule has 2 heterocycles. The minimum Gasteiger partial charge on any atom is -0.383 e. The van der Waals surface area contributed by atoms with Crippen molar-refractivity contribution in [3.63, 3.8) is 0 Å². The number of hydrogen-bond acceptors (Lipinski definition) is 4. The minimum absolute atomic E-state index is 0.00706. The molecule has 0 bridgehead atoms. The standard InChI is InChI=1S/C18H19F2N3O3S/c1-3-14(27(21,25)26)10-4-5-13(19)15(16(10)20)17(24)12-8-23-18-11(12)6-9(2)7-22-18/h4-8,14,17,24H,3H2,1-2H3,(H,22,23)(H2,21,25,26). The molecule has 0 radical (unpaired) electrons. The quantitative estimate of drug-likeness (QED) is 0.617. The van der Waals surface area contributed by atoms with Crippen LogP contribution in [0, 0.1) is 18.6 Å². The van der Waals surface area contributed by atoms with Gasteiger partial charge in [-0.3, -0.25) is 0 Å². The van der Waals surface area contributed by atoms with Gasteiger partial charge in [0.25, 0.3) is 0 Å². The molecule has 0 aliphatic heterocycles. The van der Waals surface area contributed by atoms with Gasteiger partial charge in [-0.25, -0.2) is 27.3 Å². The molecule has 3 rings (SSSR count). The van der Waals surface area contributed by atoms with Crippen LogP contribution in [0.2, 0.25) is 0 Å². The van der Waals surface area contributed by atoms with E-state index in [0.29, 0.717) is 11.0 Å². The van der Waals surface area contributed by atoms with Crippen LogP contribution < -0.4 is 5.14 Å². The Morgan fingerprint density at radius 1 is 1.30 bits per heavy atom. The van der Waals surface area contributed by atoms with Gasteiger partial charge < -0.3 is 10.1 Å². The highest BCUT2D eigenvalue weighted by Gasteiger charge is 2.30. The fourth-order valence-corrected chi connectivity index (χ4v) is 4.23. The van der Waals surface area contributed by atoms with E-state index < -0.39 is 38.6 Å². The first-order valence-electron chi connectivity index (χ1n) is 8.26. The van der Waals surface area contributed by atoms with Gasteiger partial charge in [0.1, 0.15) is 28.6 Å².